The predicted octanol–water partition coefficient (Wildman–Crippen LogP) is 4.35. The Labute approximate surface area is 160 Å². The zero-order valence-corrected chi connectivity index (χ0v) is 16.1. The van der Waals surface area contributed by atoms with Gasteiger partial charge in [0.2, 0.25) is 5.91 Å². The lowest BCUT2D eigenvalue weighted by molar-refractivity contribution is -0.119. The summed E-state index contributed by atoms with van der Waals surface area (Å²) in [7, 11) is 0. The van der Waals surface area contributed by atoms with E-state index in [9.17, 15) is 9.90 Å². The first-order valence-electron chi connectivity index (χ1n) is 9.31. The van der Waals surface area contributed by atoms with Gasteiger partial charge in [0, 0.05) is 5.25 Å². The van der Waals surface area contributed by atoms with Crippen LogP contribution in [0.5, 0.6) is 0 Å². The molecule has 0 bridgehead atoms. The van der Waals surface area contributed by atoms with Crippen molar-refractivity contribution in [1.29, 1.82) is 0 Å². The molecule has 1 atom stereocenters. The minimum atomic E-state index is -1.08. The fraction of sp³-hybridized carbons (Fsp3) is 0.409. The van der Waals surface area contributed by atoms with Crippen LogP contribution < -0.4 is 5.32 Å². The molecule has 138 valence electrons. The van der Waals surface area contributed by atoms with Gasteiger partial charge in [-0.1, -0.05) is 67.4 Å². The average Bonchev–Trinajstić information content (AvgIpc) is 3.19. The number of hydrogen-bond acceptors (Lipinski definition) is 3. The Kier molecular flexibility index (Phi) is 6.38. The maximum Gasteiger partial charge on any atom is 0.230 e. The summed E-state index contributed by atoms with van der Waals surface area (Å²) in [5, 5.41) is 14.3. The highest BCUT2D eigenvalue weighted by Crippen LogP contribution is 2.29. The van der Waals surface area contributed by atoms with Crippen molar-refractivity contribution in [1.82, 2.24) is 5.32 Å². The third-order valence-electron chi connectivity index (χ3n) is 5.00. The summed E-state index contributed by atoms with van der Waals surface area (Å²) in [6.45, 7) is 1.97. The molecule has 3 rings (SSSR count). The van der Waals surface area contributed by atoms with Gasteiger partial charge >= 0.3 is 0 Å². The number of nitrogens with one attached hydrogen (secondary N) is 1. The fourth-order valence-corrected chi connectivity index (χ4v) is 4.48. The molecule has 2 N–H and O–H groups in total. The molecule has 1 aliphatic carbocycles. The number of rotatable bonds is 7. The first kappa shape index (κ1) is 19.0. The molecular formula is C22H27NO2S. The van der Waals surface area contributed by atoms with Crippen molar-refractivity contribution in [2.75, 3.05) is 12.3 Å². The van der Waals surface area contributed by atoms with Crippen LogP contribution in [0.4, 0.5) is 0 Å². The zero-order chi connectivity index (χ0) is 18.4. The third kappa shape index (κ3) is 5.12. The molecular weight excluding hydrogens is 342 g/mol. The van der Waals surface area contributed by atoms with E-state index in [1.807, 2.05) is 42.5 Å². The molecule has 4 heteroatoms. The van der Waals surface area contributed by atoms with E-state index in [1.165, 1.54) is 25.7 Å². The Morgan fingerprint density at radius 3 is 2.35 bits per heavy atom. The van der Waals surface area contributed by atoms with Gasteiger partial charge in [-0.05, 0) is 36.5 Å². The first-order valence-corrected chi connectivity index (χ1v) is 10.4. The minimum absolute atomic E-state index is 0.00285. The minimum Gasteiger partial charge on any atom is -0.384 e. The van der Waals surface area contributed by atoms with Gasteiger partial charge < -0.3 is 10.4 Å². The van der Waals surface area contributed by atoms with E-state index in [4.69, 9.17) is 0 Å². The van der Waals surface area contributed by atoms with Crippen molar-refractivity contribution in [3.63, 3.8) is 0 Å². The molecule has 3 nitrogen and oxygen atoms in total. The number of thioether (sulfide) groups is 1. The first-order chi connectivity index (χ1) is 12.5. The summed E-state index contributed by atoms with van der Waals surface area (Å²) < 4.78 is 0. The molecule has 0 spiro atoms. The Hall–Kier alpha value is -1.78. The molecule has 0 radical (unpaired) electrons. The number of hydrogen-bond donors (Lipinski definition) is 2. The molecule has 0 aliphatic heterocycles. The van der Waals surface area contributed by atoms with Gasteiger partial charge in [0.15, 0.2) is 0 Å². The lowest BCUT2D eigenvalue weighted by Crippen LogP contribution is -2.39. The van der Waals surface area contributed by atoms with Crippen LogP contribution in [0, 0.1) is 0 Å². The van der Waals surface area contributed by atoms with E-state index in [0.717, 1.165) is 16.7 Å². The van der Waals surface area contributed by atoms with E-state index in [1.54, 1.807) is 18.7 Å². The van der Waals surface area contributed by atoms with Crippen LogP contribution in [0.2, 0.25) is 0 Å². The maximum absolute atomic E-state index is 12.1. The Morgan fingerprint density at radius 2 is 1.69 bits per heavy atom. The van der Waals surface area contributed by atoms with Crippen molar-refractivity contribution in [2.45, 2.75) is 43.5 Å². The molecule has 0 unspecified atom stereocenters. The third-order valence-corrected chi connectivity index (χ3v) is 6.37. The lowest BCUT2D eigenvalue weighted by atomic mass is 9.93. The van der Waals surface area contributed by atoms with Crippen LogP contribution in [0.1, 0.15) is 38.2 Å². The monoisotopic (exact) mass is 369 g/mol. The van der Waals surface area contributed by atoms with E-state index in [0.29, 0.717) is 11.0 Å². The van der Waals surface area contributed by atoms with Crippen LogP contribution in [-0.2, 0) is 10.4 Å². The summed E-state index contributed by atoms with van der Waals surface area (Å²) in [5.41, 5.74) is 1.99. The van der Waals surface area contributed by atoms with Crippen LogP contribution in [-0.4, -0.2) is 28.6 Å². The zero-order valence-electron chi connectivity index (χ0n) is 15.3. The van der Waals surface area contributed by atoms with Crippen molar-refractivity contribution >= 4 is 17.7 Å². The topological polar surface area (TPSA) is 49.3 Å². The van der Waals surface area contributed by atoms with Crippen LogP contribution in [0.3, 0.4) is 0 Å². The molecule has 1 fully saturated rings. The van der Waals surface area contributed by atoms with Gasteiger partial charge in [0.25, 0.3) is 0 Å². The summed E-state index contributed by atoms with van der Waals surface area (Å²) >= 11 is 1.74. The Balaban J connectivity index is 1.53. The highest BCUT2D eigenvalue weighted by atomic mass is 32.2. The molecule has 0 heterocycles. The number of carbonyl (C=O) groups is 1. The van der Waals surface area contributed by atoms with Gasteiger partial charge in [-0.2, -0.15) is 0 Å². The number of amides is 1. The second-order valence-electron chi connectivity index (χ2n) is 7.21. The Bertz CT molecular complexity index is 707. The summed E-state index contributed by atoms with van der Waals surface area (Å²) in [5.74, 6) is 0.483. The molecule has 1 saturated carbocycles. The van der Waals surface area contributed by atoms with Crippen molar-refractivity contribution in [2.24, 2.45) is 0 Å². The molecule has 0 aromatic heterocycles. The number of benzene rings is 2. The van der Waals surface area contributed by atoms with Crippen LogP contribution in [0.25, 0.3) is 11.1 Å². The van der Waals surface area contributed by atoms with E-state index >= 15 is 0 Å². The second-order valence-corrected chi connectivity index (χ2v) is 8.50. The molecule has 26 heavy (non-hydrogen) atoms. The highest BCUT2D eigenvalue weighted by molar-refractivity contribution is 8.00. The summed E-state index contributed by atoms with van der Waals surface area (Å²) in [4.78, 5) is 12.1. The molecule has 2 aromatic carbocycles. The summed E-state index contributed by atoms with van der Waals surface area (Å²) in [6.07, 6.45) is 5.02. The maximum atomic E-state index is 12.1. The predicted molar refractivity (Wildman–Crippen MR) is 109 cm³/mol. The van der Waals surface area contributed by atoms with Crippen molar-refractivity contribution in [3.05, 3.63) is 60.2 Å². The van der Waals surface area contributed by atoms with Crippen molar-refractivity contribution < 1.29 is 9.90 Å². The normalized spacial score (nSPS) is 17.0. The smallest absolute Gasteiger partial charge is 0.230 e. The SMILES string of the molecule is C[C@@](O)(CNC(=O)CSC1CCCC1)c1ccc(-c2ccccc2)cc1. The number of carbonyl (C=O) groups excluding carboxylic acids is 1. The second kappa shape index (κ2) is 8.74. The largest absolute Gasteiger partial charge is 0.384 e. The van der Waals surface area contributed by atoms with Gasteiger partial charge in [-0.3, -0.25) is 4.79 Å². The highest BCUT2D eigenvalue weighted by Gasteiger charge is 2.24. The quantitative estimate of drug-likeness (QED) is 0.763. The van der Waals surface area contributed by atoms with E-state index in [-0.39, 0.29) is 12.5 Å². The van der Waals surface area contributed by atoms with E-state index < -0.39 is 5.60 Å². The lowest BCUT2D eigenvalue weighted by Gasteiger charge is -2.24. The standard InChI is InChI=1S/C22H27NO2S/c1-22(25,16-23-21(24)15-26-20-9-5-6-10-20)19-13-11-18(12-14-19)17-7-3-2-4-8-17/h2-4,7-8,11-14,20,25H,5-6,9-10,15-16H2,1H3,(H,23,24)/t22-/m1/s1. The van der Waals surface area contributed by atoms with Gasteiger partial charge in [-0.25, -0.2) is 0 Å². The molecule has 1 aliphatic rings. The van der Waals surface area contributed by atoms with Crippen LogP contribution >= 0.6 is 11.8 Å². The van der Waals surface area contributed by atoms with E-state index in [2.05, 4.69) is 17.4 Å². The fourth-order valence-electron chi connectivity index (χ4n) is 3.32. The summed E-state index contributed by atoms with van der Waals surface area (Å²) in [6, 6.07) is 18.0. The van der Waals surface area contributed by atoms with Gasteiger partial charge in [-0.15, -0.1) is 11.8 Å². The van der Waals surface area contributed by atoms with Gasteiger partial charge in [0.1, 0.15) is 5.60 Å². The molecule has 2 aromatic rings. The average molecular weight is 370 g/mol. The Morgan fingerprint density at radius 1 is 1.08 bits per heavy atom. The molecule has 0 saturated heterocycles. The molecule has 1 amide bonds. The number of aliphatic hydroxyl groups is 1. The van der Waals surface area contributed by atoms with Gasteiger partial charge in [0.05, 0.1) is 12.3 Å². The van der Waals surface area contributed by atoms with Crippen LogP contribution in [0.15, 0.2) is 54.6 Å². The van der Waals surface area contributed by atoms with Crippen molar-refractivity contribution in [3.8, 4) is 11.1 Å².